The minimum atomic E-state index is -4.82. The first-order chi connectivity index (χ1) is 20.3. The van der Waals surface area contributed by atoms with Crippen LogP contribution >= 0.6 is 11.3 Å². The van der Waals surface area contributed by atoms with Gasteiger partial charge in [-0.1, -0.05) is 12.1 Å². The van der Waals surface area contributed by atoms with Crippen molar-refractivity contribution in [2.45, 2.75) is 12.5 Å². The Morgan fingerprint density at radius 2 is 1.42 bits per heavy atom. The van der Waals surface area contributed by atoms with Crippen molar-refractivity contribution >= 4 is 56.2 Å². The molecule has 3 aromatic carbocycles. The molecule has 5 rings (SSSR count). The van der Waals surface area contributed by atoms with Crippen LogP contribution in [-0.4, -0.2) is 28.1 Å². The van der Waals surface area contributed by atoms with Crippen LogP contribution in [0, 0.1) is 0 Å². The number of hydrogen-bond donors (Lipinski definition) is 3. The van der Waals surface area contributed by atoms with Gasteiger partial charge < -0.3 is 20.7 Å². The van der Waals surface area contributed by atoms with Crippen molar-refractivity contribution in [3.63, 3.8) is 0 Å². The first-order valence-electron chi connectivity index (χ1n) is 12.1. The van der Waals surface area contributed by atoms with Gasteiger partial charge in [0.1, 0.15) is 22.7 Å². The van der Waals surface area contributed by atoms with Crippen LogP contribution in [0.5, 0.6) is 5.75 Å². The normalized spacial score (nSPS) is 11.7. The van der Waals surface area contributed by atoms with Gasteiger partial charge in [0.25, 0.3) is 11.8 Å². The number of hydrogen-bond acceptors (Lipinski definition) is 7. The van der Waals surface area contributed by atoms with Crippen molar-refractivity contribution in [1.82, 2.24) is 9.97 Å². The first kappa shape index (κ1) is 29.3. The zero-order valence-corrected chi connectivity index (χ0v) is 22.2. The average Bonchev–Trinajstić information content (AvgIpc) is 3.39. The predicted octanol–water partition coefficient (Wildman–Crippen LogP) is 7.86. The maximum atomic E-state index is 13.0. The van der Waals surface area contributed by atoms with Crippen LogP contribution in [0.1, 0.15) is 25.6 Å². The Morgan fingerprint density at radius 3 is 2.09 bits per heavy atom. The molecule has 0 bridgehead atoms. The van der Waals surface area contributed by atoms with E-state index in [-0.39, 0.29) is 21.9 Å². The van der Waals surface area contributed by atoms with Crippen LogP contribution in [0.4, 0.5) is 49.2 Å². The van der Waals surface area contributed by atoms with Crippen LogP contribution in [-0.2, 0) is 6.18 Å². The summed E-state index contributed by atoms with van der Waals surface area (Å²) in [7, 11) is 0. The van der Waals surface area contributed by atoms with E-state index < -0.39 is 29.9 Å². The van der Waals surface area contributed by atoms with Crippen molar-refractivity contribution in [2.75, 3.05) is 16.0 Å². The molecule has 2 heterocycles. The van der Waals surface area contributed by atoms with E-state index in [1.54, 1.807) is 12.1 Å². The lowest BCUT2D eigenvalue weighted by atomic mass is 10.1. The Labute approximate surface area is 242 Å². The third-order valence-electron chi connectivity index (χ3n) is 5.73. The number of rotatable bonds is 7. The molecule has 43 heavy (non-hydrogen) atoms. The van der Waals surface area contributed by atoms with Crippen LogP contribution < -0.4 is 20.7 Å². The molecule has 15 heteroatoms. The van der Waals surface area contributed by atoms with Gasteiger partial charge in [-0.15, -0.1) is 24.5 Å². The standard InChI is InChI=1S/C28H17F6N5O3S/c29-27(30,31)16-4-1-3-15(11-16)24(40)38-18-5-2-6-19(12-18)39-25(41)22-13-21-23(35-14-36-26(21)43-22)37-17-7-9-20(10-8-17)42-28(32,33)34/h1-14H,(H,38,40)(H,39,41)(H,35,36,37). The maximum absolute atomic E-state index is 13.0. The van der Waals surface area contributed by atoms with Crippen LogP contribution in [0.3, 0.4) is 0 Å². The van der Waals surface area contributed by atoms with Gasteiger partial charge in [0, 0.05) is 22.6 Å². The fourth-order valence-corrected chi connectivity index (χ4v) is 4.75. The smallest absolute Gasteiger partial charge is 0.406 e. The molecular formula is C28H17F6N5O3S. The van der Waals surface area contributed by atoms with Crippen molar-refractivity contribution < 1.29 is 40.7 Å². The molecule has 0 fully saturated rings. The highest BCUT2D eigenvalue weighted by atomic mass is 32.1. The van der Waals surface area contributed by atoms with Gasteiger partial charge in [-0.3, -0.25) is 9.59 Å². The van der Waals surface area contributed by atoms with Gasteiger partial charge in [-0.25, -0.2) is 9.97 Å². The lowest BCUT2D eigenvalue weighted by molar-refractivity contribution is -0.274. The minimum Gasteiger partial charge on any atom is -0.406 e. The Balaban J connectivity index is 1.28. The number of aromatic nitrogens is 2. The quantitative estimate of drug-likeness (QED) is 0.161. The van der Waals surface area contributed by atoms with E-state index >= 15 is 0 Å². The molecule has 0 saturated heterocycles. The molecule has 8 nitrogen and oxygen atoms in total. The predicted molar refractivity (Wildman–Crippen MR) is 148 cm³/mol. The second kappa shape index (κ2) is 11.6. The highest BCUT2D eigenvalue weighted by Gasteiger charge is 2.31. The molecular weight excluding hydrogens is 600 g/mol. The van der Waals surface area contributed by atoms with Crippen molar-refractivity contribution in [3.05, 3.63) is 101 Å². The summed E-state index contributed by atoms with van der Waals surface area (Å²) >= 11 is 1.06. The van der Waals surface area contributed by atoms with Gasteiger partial charge in [0.15, 0.2) is 0 Å². The second-order valence-electron chi connectivity index (χ2n) is 8.82. The van der Waals surface area contributed by atoms with Crippen LogP contribution in [0.25, 0.3) is 10.2 Å². The Hall–Kier alpha value is -5.18. The SMILES string of the molecule is O=C(Nc1cccc(NC(=O)c2cc3c(Nc4ccc(OC(F)(F)F)cc4)ncnc3s2)c1)c1cccc(C(F)(F)F)c1. The molecule has 220 valence electrons. The van der Waals surface area contributed by atoms with E-state index in [2.05, 4.69) is 30.7 Å². The number of carbonyl (C=O) groups excluding carboxylic acids is 2. The van der Waals surface area contributed by atoms with Crippen molar-refractivity contribution in [3.8, 4) is 5.75 Å². The summed E-state index contributed by atoms with van der Waals surface area (Å²) in [5, 5.41) is 8.66. The number of benzene rings is 3. The Kier molecular flexibility index (Phi) is 7.91. The number of fused-ring (bicyclic) bond motifs is 1. The van der Waals surface area contributed by atoms with Gasteiger partial charge in [-0.05, 0) is 66.7 Å². The van der Waals surface area contributed by atoms with Gasteiger partial charge in [0.05, 0.1) is 15.8 Å². The summed E-state index contributed by atoms with van der Waals surface area (Å²) in [6.45, 7) is 0. The fraction of sp³-hybridized carbons (Fsp3) is 0.0714. The van der Waals surface area contributed by atoms with E-state index in [0.717, 1.165) is 41.7 Å². The fourth-order valence-electron chi connectivity index (χ4n) is 3.85. The van der Waals surface area contributed by atoms with Gasteiger partial charge in [0.2, 0.25) is 0 Å². The largest absolute Gasteiger partial charge is 0.573 e. The molecule has 2 aromatic heterocycles. The topological polar surface area (TPSA) is 105 Å². The molecule has 0 aliphatic rings. The summed E-state index contributed by atoms with van der Waals surface area (Å²) in [5.74, 6) is -1.35. The number of carbonyl (C=O) groups is 2. The number of anilines is 4. The molecule has 0 saturated carbocycles. The number of nitrogens with zero attached hydrogens (tertiary/aromatic N) is 2. The molecule has 0 atom stereocenters. The summed E-state index contributed by atoms with van der Waals surface area (Å²) in [4.78, 5) is 34.6. The van der Waals surface area contributed by atoms with Gasteiger partial charge in [-0.2, -0.15) is 13.2 Å². The summed E-state index contributed by atoms with van der Waals surface area (Å²) in [5.41, 5.74) is -0.196. The lowest BCUT2D eigenvalue weighted by Crippen LogP contribution is -2.16. The first-order valence-corrected chi connectivity index (χ1v) is 12.9. The Bertz CT molecular complexity index is 1810. The minimum absolute atomic E-state index is 0.189. The number of amides is 2. The maximum Gasteiger partial charge on any atom is 0.573 e. The third kappa shape index (κ3) is 7.37. The van der Waals surface area contributed by atoms with Crippen molar-refractivity contribution in [2.24, 2.45) is 0 Å². The molecule has 0 radical (unpaired) electrons. The van der Waals surface area contributed by atoms with Gasteiger partial charge >= 0.3 is 12.5 Å². The molecule has 0 aliphatic carbocycles. The number of nitrogens with one attached hydrogen (secondary N) is 3. The highest BCUT2D eigenvalue weighted by Crippen LogP contribution is 2.32. The number of alkyl halides is 6. The second-order valence-corrected chi connectivity index (χ2v) is 9.85. The summed E-state index contributed by atoms with van der Waals surface area (Å²) in [6.07, 6.45) is -8.15. The zero-order valence-electron chi connectivity index (χ0n) is 21.4. The van der Waals surface area contributed by atoms with E-state index in [1.165, 1.54) is 42.7 Å². The highest BCUT2D eigenvalue weighted by molar-refractivity contribution is 7.20. The van der Waals surface area contributed by atoms with Crippen LogP contribution in [0.15, 0.2) is 85.2 Å². The van der Waals surface area contributed by atoms with E-state index in [9.17, 15) is 35.9 Å². The summed E-state index contributed by atoms with van der Waals surface area (Å²) in [6, 6.07) is 16.6. The molecule has 0 unspecified atom stereocenters. The van der Waals surface area contributed by atoms with Crippen molar-refractivity contribution in [1.29, 1.82) is 0 Å². The number of ether oxygens (including phenoxy) is 1. The average molecular weight is 618 g/mol. The molecule has 0 spiro atoms. The monoisotopic (exact) mass is 617 g/mol. The van der Waals surface area contributed by atoms with Crippen LogP contribution in [0.2, 0.25) is 0 Å². The molecule has 2 amide bonds. The van der Waals surface area contributed by atoms with E-state index in [0.29, 0.717) is 27.4 Å². The Morgan fingerprint density at radius 1 is 0.744 bits per heavy atom. The van der Waals surface area contributed by atoms with E-state index in [4.69, 9.17) is 0 Å². The van der Waals surface area contributed by atoms with E-state index in [1.807, 2.05) is 0 Å². The third-order valence-corrected chi connectivity index (χ3v) is 6.78. The molecule has 5 aromatic rings. The zero-order chi connectivity index (χ0) is 30.8. The number of thiophene rings is 1. The number of halogens is 6. The molecule has 3 N–H and O–H groups in total. The molecule has 0 aliphatic heterocycles. The lowest BCUT2D eigenvalue weighted by Gasteiger charge is -2.10. The summed E-state index contributed by atoms with van der Waals surface area (Å²) < 4.78 is 80.1.